The Kier molecular flexibility index (Phi) is 7.99. The van der Waals surface area contributed by atoms with Crippen molar-refractivity contribution in [2.45, 2.75) is 47.6 Å². The van der Waals surface area contributed by atoms with Crippen LogP contribution in [0.3, 0.4) is 0 Å². The number of carbonyl (C=O) groups excluding carboxylic acids is 1. The van der Waals surface area contributed by atoms with Crippen molar-refractivity contribution in [2.24, 2.45) is 0 Å². The maximum atomic E-state index is 13.9. The molecule has 1 aromatic carbocycles. The lowest BCUT2D eigenvalue weighted by atomic mass is 9.88. The topological polar surface area (TPSA) is 72.2 Å². The van der Waals surface area contributed by atoms with Crippen LogP contribution in [-0.2, 0) is 4.79 Å². The van der Waals surface area contributed by atoms with Gasteiger partial charge in [-0.15, -0.1) is 0 Å². The Bertz CT molecular complexity index is 1100. The van der Waals surface area contributed by atoms with E-state index >= 15 is 0 Å². The fourth-order valence-corrected chi connectivity index (χ4v) is 2.44. The van der Waals surface area contributed by atoms with Crippen molar-refractivity contribution < 1.29 is 84.4 Å². The highest BCUT2D eigenvalue weighted by Gasteiger charge is 2.95. The van der Waals surface area contributed by atoms with Gasteiger partial charge in [-0.3, -0.25) is 14.9 Å². The van der Waals surface area contributed by atoms with Gasteiger partial charge in [0, 0.05) is 11.1 Å². The molecule has 0 aliphatic carbocycles. The molecule has 218 valence electrons. The third-order valence-electron chi connectivity index (χ3n) is 4.41. The molecule has 0 saturated heterocycles. The maximum Gasteiger partial charge on any atom is 0.460 e. The first-order chi connectivity index (χ1) is 16.5. The molecular formula is C15H4ClF17N2O3. The predicted molar refractivity (Wildman–Crippen MR) is 87.4 cm³/mol. The van der Waals surface area contributed by atoms with Crippen LogP contribution < -0.4 is 5.32 Å². The molecule has 0 radical (unpaired) electrons. The molecule has 0 aliphatic heterocycles. The minimum absolute atomic E-state index is 0.174. The van der Waals surface area contributed by atoms with E-state index in [0.717, 1.165) is 0 Å². The Hall–Kier alpha value is -2.81. The van der Waals surface area contributed by atoms with Gasteiger partial charge in [0.2, 0.25) is 0 Å². The molecule has 0 fully saturated rings. The van der Waals surface area contributed by atoms with Gasteiger partial charge < -0.3 is 5.32 Å². The van der Waals surface area contributed by atoms with Crippen molar-refractivity contribution >= 4 is 28.9 Å². The molecular weight excluding hydrogens is 615 g/mol. The fraction of sp³-hybridized carbons (Fsp3) is 0.533. The summed E-state index contributed by atoms with van der Waals surface area (Å²) >= 11 is 5.29. The second-order valence-electron chi connectivity index (χ2n) is 6.89. The SMILES string of the molecule is O=C(Nc1ccc(Cl)cc1[N+](=O)[O-])C(F)(F)C(F)(F)C(F)(F)C(F)(F)C(F)(F)C(F)(F)C(F)(F)C(F)(F)F. The molecule has 1 amide bonds. The molecule has 0 bridgehead atoms. The van der Waals surface area contributed by atoms with Crippen molar-refractivity contribution in [2.75, 3.05) is 5.32 Å². The van der Waals surface area contributed by atoms with Gasteiger partial charge in [-0.05, 0) is 12.1 Å². The summed E-state index contributed by atoms with van der Waals surface area (Å²) in [5.74, 6) is -63.0. The number of nitrogens with zero attached hydrogens (tertiary/aromatic N) is 1. The van der Waals surface area contributed by atoms with E-state index < -0.39 is 74.9 Å². The summed E-state index contributed by atoms with van der Waals surface area (Å²) in [5, 5.41) is 10.6. The third-order valence-corrected chi connectivity index (χ3v) is 4.65. The van der Waals surface area contributed by atoms with Crippen molar-refractivity contribution in [1.29, 1.82) is 0 Å². The zero-order chi connectivity index (χ0) is 30.7. The van der Waals surface area contributed by atoms with Crippen molar-refractivity contribution in [3.8, 4) is 0 Å². The molecule has 5 nitrogen and oxygen atoms in total. The number of carbonyl (C=O) groups is 1. The number of nitro groups is 1. The number of alkyl halides is 17. The number of halogens is 18. The number of rotatable bonds is 9. The molecule has 0 aromatic heterocycles. The van der Waals surface area contributed by atoms with E-state index in [1.54, 1.807) is 0 Å². The Morgan fingerprint density at radius 3 is 1.42 bits per heavy atom. The van der Waals surface area contributed by atoms with Crippen LogP contribution in [0.15, 0.2) is 18.2 Å². The number of amides is 1. The first-order valence-electron chi connectivity index (χ1n) is 8.43. The van der Waals surface area contributed by atoms with E-state index in [9.17, 15) is 89.5 Å². The smallest absolute Gasteiger partial charge is 0.315 e. The van der Waals surface area contributed by atoms with E-state index in [1.807, 2.05) is 0 Å². The van der Waals surface area contributed by atoms with E-state index in [-0.39, 0.29) is 12.1 Å². The lowest BCUT2D eigenvalue weighted by Crippen LogP contribution is -2.75. The monoisotopic (exact) mass is 618 g/mol. The van der Waals surface area contributed by atoms with Gasteiger partial charge in [0.1, 0.15) is 5.69 Å². The molecule has 0 atom stereocenters. The molecule has 38 heavy (non-hydrogen) atoms. The number of anilines is 1. The van der Waals surface area contributed by atoms with E-state index in [2.05, 4.69) is 0 Å². The molecule has 0 heterocycles. The quantitative estimate of drug-likeness (QED) is 0.181. The molecule has 23 heteroatoms. The molecule has 1 aromatic rings. The van der Waals surface area contributed by atoms with Gasteiger partial charge in [0.25, 0.3) is 5.69 Å². The number of nitrogens with one attached hydrogen (secondary N) is 1. The minimum Gasteiger partial charge on any atom is -0.315 e. The zero-order valence-electron chi connectivity index (χ0n) is 16.7. The molecule has 0 saturated carbocycles. The minimum atomic E-state index is -8.86. The molecule has 0 spiro atoms. The van der Waals surface area contributed by atoms with Crippen LogP contribution in [0.1, 0.15) is 0 Å². The summed E-state index contributed by atoms with van der Waals surface area (Å²) in [4.78, 5) is 20.7. The number of nitro benzene ring substituents is 1. The van der Waals surface area contributed by atoms with Crippen LogP contribution in [0.5, 0.6) is 0 Å². The van der Waals surface area contributed by atoms with Gasteiger partial charge in [-0.25, -0.2) is 0 Å². The largest absolute Gasteiger partial charge is 0.460 e. The average molecular weight is 619 g/mol. The Labute approximate surface area is 200 Å². The second-order valence-corrected chi connectivity index (χ2v) is 7.33. The summed E-state index contributed by atoms with van der Waals surface area (Å²) in [7, 11) is 0. The average Bonchev–Trinajstić information content (AvgIpc) is 2.72. The summed E-state index contributed by atoms with van der Waals surface area (Å²) in [6.45, 7) is 0. The van der Waals surface area contributed by atoms with Gasteiger partial charge in [-0.2, -0.15) is 74.6 Å². The van der Waals surface area contributed by atoms with Crippen LogP contribution in [0, 0.1) is 10.1 Å². The van der Waals surface area contributed by atoms with Gasteiger partial charge in [0.15, 0.2) is 0 Å². The first kappa shape index (κ1) is 33.2. The lowest BCUT2D eigenvalue weighted by Gasteiger charge is -2.42. The zero-order valence-corrected chi connectivity index (χ0v) is 17.5. The van der Waals surface area contributed by atoms with E-state index in [1.165, 1.54) is 0 Å². The summed E-state index contributed by atoms with van der Waals surface area (Å²) in [6, 6.07) is 0.902. The van der Waals surface area contributed by atoms with E-state index in [4.69, 9.17) is 11.6 Å². The fourth-order valence-electron chi connectivity index (χ4n) is 2.27. The van der Waals surface area contributed by atoms with Crippen molar-refractivity contribution in [3.05, 3.63) is 33.3 Å². The van der Waals surface area contributed by atoms with Crippen LogP contribution in [0.25, 0.3) is 0 Å². The summed E-state index contributed by atoms with van der Waals surface area (Å²) in [5.41, 5.74) is -3.13. The van der Waals surface area contributed by atoms with Crippen LogP contribution in [0.4, 0.5) is 86.0 Å². The molecule has 1 N–H and O–H groups in total. The summed E-state index contributed by atoms with van der Waals surface area (Å²) in [6.07, 6.45) is -7.90. The van der Waals surface area contributed by atoms with Crippen molar-refractivity contribution in [3.63, 3.8) is 0 Å². The Morgan fingerprint density at radius 1 is 0.684 bits per heavy atom. The predicted octanol–water partition coefficient (Wildman–Crippen LogP) is 7.20. The highest BCUT2D eigenvalue weighted by molar-refractivity contribution is 6.31. The highest BCUT2D eigenvalue weighted by atomic mass is 35.5. The molecule has 1 rings (SSSR count). The standard InChI is InChI=1S/C15H4ClF17N2O3/c16-4-1-2-5(6(3-4)35(37)38)34-7(36)8(17,18)9(19,20)10(21,22)11(23,24)12(25,26)13(27,28)14(29,30)15(31,32)33/h1-3H,(H,34,36). The third kappa shape index (κ3) is 4.52. The first-order valence-corrected chi connectivity index (χ1v) is 8.81. The molecule has 0 aliphatic rings. The van der Waals surface area contributed by atoms with Gasteiger partial charge in [-0.1, -0.05) is 11.6 Å². The normalized spacial score (nSPS) is 14.9. The summed E-state index contributed by atoms with van der Waals surface area (Å²) < 4.78 is 225. The second kappa shape index (κ2) is 9.14. The number of hydrogen-bond donors (Lipinski definition) is 1. The Morgan fingerprint density at radius 2 is 1.05 bits per heavy atom. The lowest BCUT2D eigenvalue weighted by molar-refractivity contribution is -0.459. The van der Waals surface area contributed by atoms with Crippen LogP contribution in [-0.4, -0.2) is 58.5 Å². The van der Waals surface area contributed by atoms with Crippen molar-refractivity contribution in [1.82, 2.24) is 0 Å². The number of benzene rings is 1. The van der Waals surface area contributed by atoms with E-state index in [0.29, 0.717) is 11.4 Å². The van der Waals surface area contributed by atoms with Crippen LogP contribution in [0.2, 0.25) is 5.02 Å². The maximum absolute atomic E-state index is 13.9. The van der Waals surface area contributed by atoms with Gasteiger partial charge >= 0.3 is 53.5 Å². The molecule has 0 unspecified atom stereocenters. The Balaban J connectivity index is 3.64. The van der Waals surface area contributed by atoms with Crippen LogP contribution >= 0.6 is 11.6 Å². The highest BCUT2D eigenvalue weighted by Crippen LogP contribution is 2.64. The van der Waals surface area contributed by atoms with Gasteiger partial charge in [0.05, 0.1) is 4.92 Å². The number of hydrogen-bond acceptors (Lipinski definition) is 3.